The Morgan fingerprint density at radius 3 is 3.00 bits per heavy atom. The van der Waals surface area contributed by atoms with Crippen molar-refractivity contribution >= 4 is 17.4 Å². The van der Waals surface area contributed by atoms with Gasteiger partial charge in [-0.05, 0) is 19.3 Å². The van der Waals surface area contributed by atoms with Gasteiger partial charge in [0.15, 0.2) is 0 Å². The van der Waals surface area contributed by atoms with E-state index in [1.165, 1.54) is 0 Å². The number of carbonyl (C=O) groups is 1. The summed E-state index contributed by atoms with van der Waals surface area (Å²) in [7, 11) is 0. The number of thiazole rings is 1. The van der Waals surface area contributed by atoms with E-state index in [0.717, 1.165) is 63.7 Å². The average Bonchev–Trinajstić information content (AvgIpc) is 3.25. The number of nitrogens with one attached hydrogen (secondary N) is 1. The van der Waals surface area contributed by atoms with Crippen molar-refractivity contribution in [1.29, 1.82) is 0 Å². The molecule has 0 aromatic carbocycles. The largest absolute Gasteiger partial charge is 0.379 e. The summed E-state index contributed by atoms with van der Waals surface area (Å²) in [5, 5.41) is 6.12. The fraction of sp³-hybridized carbons (Fsp3) is 0.750. The smallest absolute Gasteiger partial charge is 0.318 e. The average molecular weight is 338 g/mol. The Labute approximate surface area is 141 Å². The van der Waals surface area contributed by atoms with Crippen molar-refractivity contribution in [3.05, 3.63) is 16.6 Å². The second kappa shape index (κ2) is 8.08. The Morgan fingerprint density at radius 1 is 1.48 bits per heavy atom. The van der Waals surface area contributed by atoms with Crippen LogP contribution < -0.4 is 5.32 Å². The molecule has 1 N–H and O–H groups in total. The quantitative estimate of drug-likeness (QED) is 0.893. The number of hydrogen-bond acceptors (Lipinski definition) is 5. The molecule has 1 aromatic rings. The Bertz CT molecular complexity index is 490. The maximum atomic E-state index is 12.7. The molecule has 2 aliphatic rings. The molecule has 23 heavy (non-hydrogen) atoms. The normalized spacial score (nSPS) is 23.9. The fourth-order valence-electron chi connectivity index (χ4n) is 3.35. The van der Waals surface area contributed by atoms with Crippen molar-refractivity contribution in [3.63, 3.8) is 0 Å². The number of amides is 2. The molecular formula is C16H26N4O2S. The van der Waals surface area contributed by atoms with Gasteiger partial charge in [-0.3, -0.25) is 4.90 Å². The second-order valence-corrected chi connectivity index (χ2v) is 7.11. The minimum Gasteiger partial charge on any atom is -0.379 e. The summed E-state index contributed by atoms with van der Waals surface area (Å²) in [5.74, 6) is 0. The molecule has 2 fully saturated rings. The number of morpholine rings is 1. The Balaban J connectivity index is 1.56. The number of urea groups is 1. The molecule has 128 valence electrons. The van der Waals surface area contributed by atoms with E-state index in [1.54, 1.807) is 17.5 Å². The first-order chi connectivity index (χ1) is 11.3. The van der Waals surface area contributed by atoms with Gasteiger partial charge >= 0.3 is 6.03 Å². The highest BCUT2D eigenvalue weighted by molar-refractivity contribution is 7.09. The lowest BCUT2D eigenvalue weighted by Gasteiger charge is -2.33. The van der Waals surface area contributed by atoms with E-state index in [1.807, 2.05) is 10.3 Å². The maximum Gasteiger partial charge on any atom is 0.318 e. The van der Waals surface area contributed by atoms with Crippen LogP contribution in [0.4, 0.5) is 4.79 Å². The summed E-state index contributed by atoms with van der Waals surface area (Å²) in [5.41, 5.74) is 0. The number of carbonyl (C=O) groups excluding carboxylic acids is 1. The topological polar surface area (TPSA) is 57.7 Å². The summed E-state index contributed by atoms with van der Waals surface area (Å²) < 4.78 is 5.41. The monoisotopic (exact) mass is 338 g/mol. The Morgan fingerprint density at radius 2 is 2.30 bits per heavy atom. The summed E-state index contributed by atoms with van der Waals surface area (Å²) in [4.78, 5) is 21.5. The molecule has 0 saturated carbocycles. The molecule has 6 nitrogen and oxygen atoms in total. The number of hydrogen-bond donors (Lipinski definition) is 1. The zero-order valence-corrected chi connectivity index (χ0v) is 14.6. The molecular weight excluding hydrogens is 312 g/mol. The number of rotatable bonds is 5. The van der Waals surface area contributed by atoms with Crippen LogP contribution in [0.15, 0.2) is 11.6 Å². The predicted molar refractivity (Wildman–Crippen MR) is 90.7 cm³/mol. The molecule has 7 heteroatoms. The number of likely N-dealkylation sites (tertiary alicyclic amines) is 1. The highest BCUT2D eigenvalue weighted by Gasteiger charge is 2.31. The van der Waals surface area contributed by atoms with Crippen molar-refractivity contribution in [2.24, 2.45) is 0 Å². The van der Waals surface area contributed by atoms with E-state index in [4.69, 9.17) is 4.74 Å². The third kappa shape index (κ3) is 4.22. The predicted octanol–water partition coefficient (Wildman–Crippen LogP) is 2.10. The zero-order valence-electron chi connectivity index (χ0n) is 13.7. The van der Waals surface area contributed by atoms with Gasteiger partial charge in [-0.1, -0.05) is 6.92 Å². The highest BCUT2D eigenvalue weighted by atomic mass is 32.1. The Kier molecular flexibility index (Phi) is 5.85. The van der Waals surface area contributed by atoms with E-state index < -0.39 is 0 Å². The summed E-state index contributed by atoms with van der Waals surface area (Å²) in [6, 6.07) is 0.400. The van der Waals surface area contributed by atoms with Gasteiger partial charge in [-0.2, -0.15) is 0 Å². The number of nitrogens with zero attached hydrogens (tertiary/aromatic N) is 3. The summed E-state index contributed by atoms with van der Waals surface area (Å²) in [6.07, 6.45) is 4.85. The van der Waals surface area contributed by atoms with E-state index >= 15 is 0 Å². The fourth-order valence-corrected chi connectivity index (χ4v) is 4.12. The molecule has 2 saturated heterocycles. The van der Waals surface area contributed by atoms with Gasteiger partial charge in [0, 0.05) is 43.8 Å². The van der Waals surface area contributed by atoms with Crippen LogP contribution in [0.2, 0.25) is 0 Å². The van der Waals surface area contributed by atoms with Gasteiger partial charge in [0.25, 0.3) is 0 Å². The summed E-state index contributed by atoms with van der Waals surface area (Å²) in [6.45, 7) is 7.47. The molecule has 0 aliphatic carbocycles. The molecule has 0 radical (unpaired) electrons. The highest BCUT2D eigenvalue weighted by Crippen LogP contribution is 2.22. The van der Waals surface area contributed by atoms with Gasteiger partial charge in [-0.25, -0.2) is 9.78 Å². The molecule has 2 unspecified atom stereocenters. The number of ether oxygens (including phenoxy) is 1. The Hall–Kier alpha value is -1.18. The van der Waals surface area contributed by atoms with Crippen molar-refractivity contribution < 1.29 is 9.53 Å². The summed E-state index contributed by atoms with van der Waals surface area (Å²) >= 11 is 1.60. The first-order valence-electron chi connectivity index (χ1n) is 8.54. The molecule has 0 bridgehead atoms. The van der Waals surface area contributed by atoms with Gasteiger partial charge in [-0.15, -0.1) is 11.3 Å². The molecule has 2 aliphatic heterocycles. The van der Waals surface area contributed by atoms with Crippen LogP contribution in [-0.4, -0.2) is 66.2 Å². The molecule has 1 aromatic heterocycles. The standard InChI is InChI=1S/C16H26N4O2S/c1-2-14(15-17-5-11-23-15)18-16(21)20-6-3-4-13(20)12-19-7-9-22-10-8-19/h5,11,13-14H,2-4,6-10,12H2,1H3,(H,18,21). The van der Waals surface area contributed by atoms with Crippen LogP contribution >= 0.6 is 11.3 Å². The van der Waals surface area contributed by atoms with Gasteiger partial charge in [0.2, 0.25) is 0 Å². The number of aromatic nitrogens is 1. The lowest BCUT2D eigenvalue weighted by Crippen LogP contribution is -2.49. The molecule has 3 rings (SSSR count). The van der Waals surface area contributed by atoms with Gasteiger partial charge in [0.05, 0.1) is 19.3 Å². The van der Waals surface area contributed by atoms with Crippen LogP contribution in [0.1, 0.15) is 37.2 Å². The molecule has 0 spiro atoms. The molecule has 3 heterocycles. The van der Waals surface area contributed by atoms with Crippen LogP contribution in [-0.2, 0) is 4.74 Å². The van der Waals surface area contributed by atoms with Crippen molar-refractivity contribution in [3.8, 4) is 0 Å². The molecule has 2 amide bonds. The van der Waals surface area contributed by atoms with Gasteiger partial charge < -0.3 is 15.0 Å². The van der Waals surface area contributed by atoms with E-state index in [-0.39, 0.29) is 12.1 Å². The zero-order chi connectivity index (χ0) is 16.1. The first-order valence-corrected chi connectivity index (χ1v) is 9.42. The first kappa shape index (κ1) is 16.7. The van der Waals surface area contributed by atoms with Crippen LogP contribution in [0.25, 0.3) is 0 Å². The lowest BCUT2D eigenvalue weighted by molar-refractivity contribution is 0.0291. The van der Waals surface area contributed by atoms with Crippen molar-refractivity contribution in [2.75, 3.05) is 39.4 Å². The third-order valence-electron chi connectivity index (χ3n) is 4.67. The molecule has 2 atom stereocenters. The van der Waals surface area contributed by atoms with E-state index in [0.29, 0.717) is 6.04 Å². The van der Waals surface area contributed by atoms with Crippen LogP contribution in [0.5, 0.6) is 0 Å². The maximum absolute atomic E-state index is 12.7. The van der Waals surface area contributed by atoms with Crippen molar-refractivity contribution in [2.45, 2.75) is 38.3 Å². The SMILES string of the molecule is CCC(NC(=O)N1CCCC1CN1CCOCC1)c1nccs1. The third-order valence-corrected chi connectivity index (χ3v) is 5.56. The van der Waals surface area contributed by atoms with E-state index in [9.17, 15) is 4.79 Å². The minimum absolute atomic E-state index is 0.0205. The van der Waals surface area contributed by atoms with Crippen LogP contribution in [0, 0.1) is 0 Å². The lowest BCUT2D eigenvalue weighted by atomic mass is 10.2. The minimum atomic E-state index is 0.0205. The van der Waals surface area contributed by atoms with Gasteiger partial charge in [0.1, 0.15) is 5.01 Å². The van der Waals surface area contributed by atoms with E-state index in [2.05, 4.69) is 22.1 Å². The van der Waals surface area contributed by atoms with Crippen LogP contribution in [0.3, 0.4) is 0 Å². The van der Waals surface area contributed by atoms with Crippen molar-refractivity contribution in [1.82, 2.24) is 20.1 Å². The second-order valence-electron chi connectivity index (χ2n) is 6.18.